The molecule has 1 unspecified atom stereocenters. The van der Waals surface area contributed by atoms with Gasteiger partial charge in [0.15, 0.2) is 5.79 Å². The van der Waals surface area contributed by atoms with Crippen molar-refractivity contribution in [3.8, 4) is 0 Å². The third-order valence-electron chi connectivity index (χ3n) is 2.54. The Morgan fingerprint density at radius 3 is 2.50 bits per heavy atom. The van der Waals surface area contributed by atoms with E-state index in [9.17, 15) is 4.79 Å². The van der Waals surface area contributed by atoms with Crippen LogP contribution in [0.3, 0.4) is 0 Å². The Balaban J connectivity index is 2.55. The predicted octanol–water partition coefficient (Wildman–Crippen LogP) is 0.526. The number of amides is 1. The zero-order valence-corrected chi connectivity index (χ0v) is 9.71. The van der Waals surface area contributed by atoms with Gasteiger partial charge in [-0.1, -0.05) is 0 Å². The molecule has 0 spiro atoms. The molecule has 1 rings (SSSR count). The fourth-order valence-electron chi connectivity index (χ4n) is 1.46. The van der Waals surface area contributed by atoms with Gasteiger partial charge in [-0.15, -0.1) is 0 Å². The first-order valence-electron chi connectivity index (χ1n) is 4.57. The highest BCUT2D eigenvalue weighted by Crippen LogP contribution is 2.20. The number of thiol groups is 1. The van der Waals surface area contributed by atoms with Gasteiger partial charge in [0.2, 0.25) is 5.91 Å². The number of likely N-dealkylation sites (tertiary alicyclic amines) is 1. The zero-order chi connectivity index (χ0) is 10.8. The highest BCUT2D eigenvalue weighted by Gasteiger charge is 2.34. The van der Waals surface area contributed by atoms with Gasteiger partial charge in [0.1, 0.15) is 0 Å². The Hall–Kier alpha value is -0.260. The fraction of sp³-hybridized carbons (Fsp3) is 0.889. The van der Waals surface area contributed by atoms with Gasteiger partial charge in [-0.2, -0.15) is 12.6 Å². The van der Waals surface area contributed by atoms with Gasteiger partial charge >= 0.3 is 0 Å². The molecule has 0 aromatic heterocycles. The molecule has 0 aliphatic carbocycles. The second-order valence-electron chi connectivity index (χ2n) is 3.67. The summed E-state index contributed by atoms with van der Waals surface area (Å²) in [6.07, 6.45) is 0.507. The molecule has 0 aromatic rings. The van der Waals surface area contributed by atoms with Crippen LogP contribution in [0.4, 0.5) is 0 Å². The Bertz CT molecular complexity index is 218. The van der Waals surface area contributed by atoms with Crippen molar-refractivity contribution in [2.45, 2.75) is 24.4 Å². The molecule has 1 amide bonds. The Morgan fingerprint density at radius 1 is 1.57 bits per heavy atom. The summed E-state index contributed by atoms with van der Waals surface area (Å²) in [5.41, 5.74) is 0. The van der Waals surface area contributed by atoms with Gasteiger partial charge in [-0.3, -0.25) is 4.79 Å². The number of rotatable bonds is 4. The highest BCUT2D eigenvalue weighted by molar-refractivity contribution is 7.81. The molecule has 1 heterocycles. The van der Waals surface area contributed by atoms with Crippen molar-refractivity contribution < 1.29 is 14.3 Å². The zero-order valence-electron chi connectivity index (χ0n) is 8.82. The van der Waals surface area contributed by atoms with Crippen molar-refractivity contribution in [3.05, 3.63) is 0 Å². The average Bonchev–Trinajstić information content (AvgIpc) is 2.45. The average molecular weight is 219 g/mol. The van der Waals surface area contributed by atoms with Gasteiger partial charge < -0.3 is 14.4 Å². The standard InChI is InChI=1S/C9H17NO3S/c1-9(12-2,13-3)6-10-5-7(14)4-8(10)11/h7,14H,4-6H2,1-3H3. The van der Waals surface area contributed by atoms with Crippen LogP contribution in [0, 0.1) is 0 Å². The summed E-state index contributed by atoms with van der Waals surface area (Å²) in [4.78, 5) is 13.2. The molecule has 0 N–H and O–H groups in total. The highest BCUT2D eigenvalue weighted by atomic mass is 32.1. The molecular formula is C9H17NO3S. The smallest absolute Gasteiger partial charge is 0.223 e. The maximum atomic E-state index is 11.5. The predicted molar refractivity (Wildman–Crippen MR) is 56.4 cm³/mol. The molecule has 1 atom stereocenters. The third kappa shape index (κ3) is 2.62. The molecule has 0 aromatic carbocycles. The van der Waals surface area contributed by atoms with E-state index in [1.54, 1.807) is 19.1 Å². The first kappa shape index (κ1) is 11.8. The summed E-state index contributed by atoms with van der Waals surface area (Å²) in [6.45, 7) is 2.94. The Kier molecular flexibility index (Phi) is 3.80. The van der Waals surface area contributed by atoms with Crippen LogP contribution >= 0.6 is 12.6 Å². The van der Waals surface area contributed by atoms with E-state index in [0.717, 1.165) is 0 Å². The molecule has 82 valence electrons. The van der Waals surface area contributed by atoms with Crippen LogP contribution in [0.1, 0.15) is 13.3 Å². The first-order valence-corrected chi connectivity index (χ1v) is 5.08. The van der Waals surface area contributed by atoms with Crippen LogP contribution in [-0.4, -0.2) is 49.2 Å². The van der Waals surface area contributed by atoms with Crippen LogP contribution < -0.4 is 0 Å². The summed E-state index contributed by atoms with van der Waals surface area (Å²) >= 11 is 4.28. The minimum absolute atomic E-state index is 0.116. The lowest BCUT2D eigenvalue weighted by Gasteiger charge is -2.31. The summed E-state index contributed by atoms with van der Waals surface area (Å²) in [5.74, 6) is -0.599. The van der Waals surface area contributed by atoms with Crippen LogP contribution in [-0.2, 0) is 14.3 Å². The summed E-state index contributed by atoms with van der Waals surface area (Å²) in [5, 5.41) is 0.139. The molecule has 0 saturated carbocycles. The largest absolute Gasteiger partial charge is 0.352 e. The molecule has 0 radical (unpaired) electrons. The maximum Gasteiger partial charge on any atom is 0.223 e. The molecule has 5 heteroatoms. The summed E-state index contributed by atoms with van der Waals surface area (Å²) in [6, 6.07) is 0. The second kappa shape index (κ2) is 4.51. The van der Waals surface area contributed by atoms with E-state index < -0.39 is 5.79 Å². The fourth-order valence-corrected chi connectivity index (χ4v) is 1.82. The third-order valence-corrected chi connectivity index (χ3v) is 2.88. The molecular weight excluding hydrogens is 202 g/mol. The van der Waals surface area contributed by atoms with Crippen molar-refractivity contribution in [2.75, 3.05) is 27.3 Å². The minimum Gasteiger partial charge on any atom is -0.352 e. The Labute approximate surface area is 90.0 Å². The van der Waals surface area contributed by atoms with Crippen LogP contribution in [0.2, 0.25) is 0 Å². The molecule has 14 heavy (non-hydrogen) atoms. The molecule has 4 nitrogen and oxygen atoms in total. The van der Waals surface area contributed by atoms with E-state index in [4.69, 9.17) is 9.47 Å². The van der Waals surface area contributed by atoms with Crippen molar-refractivity contribution in [2.24, 2.45) is 0 Å². The van der Waals surface area contributed by atoms with Crippen molar-refractivity contribution >= 4 is 18.5 Å². The summed E-state index contributed by atoms with van der Waals surface area (Å²) in [7, 11) is 3.14. The number of hydrogen-bond donors (Lipinski definition) is 1. The van der Waals surface area contributed by atoms with Crippen molar-refractivity contribution in [1.82, 2.24) is 4.90 Å². The normalized spacial score (nSPS) is 23.3. The molecule has 1 saturated heterocycles. The first-order chi connectivity index (χ1) is 6.50. The van der Waals surface area contributed by atoms with Gasteiger partial charge in [0, 0.05) is 32.4 Å². The van der Waals surface area contributed by atoms with E-state index >= 15 is 0 Å². The molecule has 1 fully saturated rings. The Morgan fingerprint density at radius 2 is 2.14 bits per heavy atom. The number of ether oxygens (including phenoxy) is 2. The van der Waals surface area contributed by atoms with E-state index in [2.05, 4.69) is 12.6 Å². The second-order valence-corrected chi connectivity index (χ2v) is 4.40. The van der Waals surface area contributed by atoms with E-state index in [1.807, 2.05) is 6.92 Å². The number of carbonyl (C=O) groups is 1. The van der Waals surface area contributed by atoms with Gasteiger partial charge in [-0.25, -0.2) is 0 Å². The minimum atomic E-state index is -0.715. The lowest BCUT2D eigenvalue weighted by atomic mass is 10.3. The number of carbonyl (C=O) groups excluding carboxylic acids is 1. The summed E-state index contributed by atoms with van der Waals surface area (Å²) < 4.78 is 10.4. The van der Waals surface area contributed by atoms with Gasteiger partial charge in [0.05, 0.1) is 6.54 Å². The quantitative estimate of drug-likeness (QED) is 0.553. The monoisotopic (exact) mass is 219 g/mol. The molecule has 1 aliphatic rings. The lowest BCUT2D eigenvalue weighted by molar-refractivity contribution is -0.203. The van der Waals surface area contributed by atoms with Gasteiger partial charge in [0.25, 0.3) is 0 Å². The van der Waals surface area contributed by atoms with E-state index in [-0.39, 0.29) is 11.2 Å². The SMILES string of the molecule is COC(C)(CN1CC(S)CC1=O)OC. The van der Waals surface area contributed by atoms with Crippen LogP contribution in [0.25, 0.3) is 0 Å². The van der Waals surface area contributed by atoms with Crippen molar-refractivity contribution in [1.29, 1.82) is 0 Å². The molecule has 1 aliphatic heterocycles. The number of nitrogens with zero attached hydrogens (tertiary/aromatic N) is 1. The van der Waals surface area contributed by atoms with Gasteiger partial charge in [-0.05, 0) is 6.92 Å². The molecule has 0 bridgehead atoms. The number of hydrogen-bond acceptors (Lipinski definition) is 4. The topological polar surface area (TPSA) is 38.8 Å². The van der Waals surface area contributed by atoms with E-state index in [1.165, 1.54) is 0 Å². The maximum absolute atomic E-state index is 11.5. The van der Waals surface area contributed by atoms with E-state index in [0.29, 0.717) is 19.5 Å². The lowest BCUT2D eigenvalue weighted by Crippen LogP contribution is -2.44. The van der Waals surface area contributed by atoms with Crippen molar-refractivity contribution in [3.63, 3.8) is 0 Å². The van der Waals surface area contributed by atoms with Crippen LogP contribution in [0.15, 0.2) is 0 Å². The van der Waals surface area contributed by atoms with Crippen LogP contribution in [0.5, 0.6) is 0 Å². The number of methoxy groups -OCH3 is 2.